The summed E-state index contributed by atoms with van der Waals surface area (Å²) in [5, 5.41) is 13.9. The lowest BCUT2D eigenvalue weighted by Crippen LogP contribution is -2.65. The van der Waals surface area contributed by atoms with Crippen molar-refractivity contribution >= 4 is 27.5 Å². The van der Waals surface area contributed by atoms with Crippen molar-refractivity contribution in [2.24, 2.45) is 0 Å². The van der Waals surface area contributed by atoms with Gasteiger partial charge in [-0.2, -0.15) is 0 Å². The molecule has 4 nitrogen and oxygen atoms in total. The summed E-state index contributed by atoms with van der Waals surface area (Å²) in [5.74, 6) is 0. The Bertz CT molecular complexity index is 695. The zero-order valence-corrected chi connectivity index (χ0v) is 13.9. The van der Waals surface area contributed by atoms with Crippen molar-refractivity contribution in [2.45, 2.75) is 38.4 Å². The van der Waals surface area contributed by atoms with Crippen LogP contribution in [0.5, 0.6) is 0 Å². The van der Waals surface area contributed by atoms with Crippen LogP contribution in [-0.2, 0) is 11.2 Å². The summed E-state index contributed by atoms with van der Waals surface area (Å²) in [6.45, 7) is 6.18. The molecular formula is C17H21NO3S. The first-order chi connectivity index (χ1) is 10.3. The molecule has 0 atom stereocenters. The van der Waals surface area contributed by atoms with Gasteiger partial charge in [-0.15, -0.1) is 11.3 Å². The fourth-order valence-electron chi connectivity index (χ4n) is 2.76. The van der Waals surface area contributed by atoms with E-state index in [1.165, 1.54) is 10.1 Å². The van der Waals surface area contributed by atoms with E-state index in [1.54, 1.807) is 16.2 Å². The molecule has 0 bridgehead atoms. The van der Waals surface area contributed by atoms with E-state index in [0.29, 0.717) is 19.5 Å². The molecule has 1 aliphatic heterocycles. The van der Waals surface area contributed by atoms with Gasteiger partial charge in [0.05, 0.1) is 13.1 Å². The Morgan fingerprint density at radius 3 is 2.73 bits per heavy atom. The second-order valence-electron chi connectivity index (χ2n) is 6.99. The van der Waals surface area contributed by atoms with Crippen LogP contribution in [0, 0.1) is 0 Å². The van der Waals surface area contributed by atoms with Gasteiger partial charge in [0.25, 0.3) is 0 Å². The summed E-state index contributed by atoms with van der Waals surface area (Å²) in [4.78, 5) is 13.5. The lowest BCUT2D eigenvalue weighted by Gasteiger charge is -2.46. The molecule has 2 aromatic rings. The van der Waals surface area contributed by atoms with Crippen LogP contribution in [0.2, 0.25) is 0 Å². The number of benzene rings is 1. The van der Waals surface area contributed by atoms with Crippen molar-refractivity contribution in [3.8, 4) is 0 Å². The van der Waals surface area contributed by atoms with Crippen molar-refractivity contribution in [2.75, 3.05) is 13.1 Å². The first-order valence-electron chi connectivity index (χ1n) is 7.41. The highest BCUT2D eigenvalue weighted by Crippen LogP contribution is 2.32. The Kier molecular flexibility index (Phi) is 3.65. The van der Waals surface area contributed by atoms with E-state index in [2.05, 4.69) is 17.5 Å². The molecular weight excluding hydrogens is 298 g/mol. The molecule has 22 heavy (non-hydrogen) atoms. The maximum Gasteiger partial charge on any atom is 0.410 e. The van der Waals surface area contributed by atoms with E-state index in [0.717, 1.165) is 5.56 Å². The number of carbonyl (C=O) groups is 1. The highest BCUT2D eigenvalue weighted by Gasteiger charge is 2.45. The molecule has 3 rings (SSSR count). The van der Waals surface area contributed by atoms with E-state index in [4.69, 9.17) is 4.74 Å². The summed E-state index contributed by atoms with van der Waals surface area (Å²) >= 11 is 1.69. The van der Waals surface area contributed by atoms with Crippen molar-refractivity contribution in [1.82, 2.24) is 4.90 Å². The molecule has 1 saturated heterocycles. The topological polar surface area (TPSA) is 49.8 Å². The molecule has 0 spiro atoms. The highest BCUT2D eigenvalue weighted by atomic mass is 32.1. The van der Waals surface area contributed by atoms with Gasteiger partial charge >= 0.3 is 6.09 Å². The number of likely N-dealkylation sites (tertiary alicyclic amines) is 1. The lowest BCUT2D eigenvalue weighted by molar-refractivity contribution is -0.0971. The summed E-state index contributed by atoms with van der Waals surface area (Å²) in [6, 6.07) is 8.19. The van der Waals surface area contributed by atoms with Crippen LogP contribution in [-0.4, -0.2) is 40.4 Å². The SMILES string of the molecule is CC(C)(C)OC(=O)N1CC(O)(Cc2csc3ccccc23)C1. The van der Waals surface area contributed by atoms with E-state index >= 15 is 0 Å². The van der Waals surface area contributed by atoms with Gasteiger partial charge < -0.3 is 14.7 Å². The fraction of sp³-hybridized carbons (Fsp3) is 0.471. The number of aliphatic hydroxyl groups is 1. The predicted molar refractivity (Wildman–Crippen MR) is 88.3 cm³/mol. The van der Waals surface area contributed by atoms with E-state index in [1.807, 2.05) is 32.9 Å². The van der Waals surface area contributed by atoms with Crippen molar-refractivity contribution in [3.63, 3.8) is 0 Å². The zero-order valence-electron chi connectivity index (χ0n) is 13.1. The molecule has 0 saturated carbocycles. The molecule has 0 radical (unpaired) electrons. The van der Waals surface area contributed by atoms with Crippen LogP contribution >= 0.6 is 11.3 Å². The Hall–Kier alpha value is -1.59. The molecule has 1 aliphatic rings. The average Bonchev–Trinajstić information content (AvgIpc) is 2.77. The van der Waals surface area contributed by atoms with Crippen LogP contribution in [0.4, 0.5) is 4.79 Å². The number of carbonyl (C=O) groups excluding carboxylic acids is 1. The van der Waals surface area contributed by atoms with Gasteiger partial charge in [0.2, 0.25) is 0 Å². The Balaban J connectivity index is 1.64. The Labute approximate surface area is 134 Å². The minimum absolute atomic E-state index is 0.325. The van der Waals surface area contributed by atoms with Crippen LogP contribution in [0.15, 0.2) is 29.6 Å². The van der Waals surface area contributed by atoms with Crippen LogP contribution in [0.25, 0.3) is 10.1 Å². The van der Waals surface area contributed by atoms with Gasteiger partial charge in [0.1, 0.15) is 11.2 Å². The minimum atomic E-state index is -0.846. The number of hydrogen-bond donors (Lipinski definition) is 1. The zero-order chi connectivity index (χ0) is 16.0. The summed E-state index contributed by atoms with van der Waals surface area (Å²) < 4.78 is 6.54. The van der Waals surface area contributed by atoms with Crippen LogP contribution < -0.4 is 0 Å². The monoisotopic (exact) mass is 319 g/mol. The van der Waals surface area contributed by atoms with Crippen molar-refractivity contribution in [3.05, 3.63) is 35.2 Å². The molecule has 118 valence electrons. The van der Waals surface area contributed by atoms with Gasteiger partial charge in [0.15, 0.2) is 0 Å². The number of hydrogen-bond acceptors (Lipinski definition) is 4. The molecule has 1 aromatic heterocycles. The number of fused-ring (bicyclic) bond motifs is 1. The third-order valence-electron chi connectivity index (χ3n) is 3.70. The third kappa shape index (κ3) is 3.10. The normalized spacial score (nSPS) is 17.4. The molecule has 2 heterocycles. The number of amides is 1. The molecule has 1 aromatic carbocycles. The quantitative estimate of drug-likeness (QED) is 0.922. The first-order valence-corrected chi connectivity index (χ1v) is 8.29. The van der Waals surface area contributed by atoms with Crippen LogP contribution in [0.1, 0.15) is 26.3 Å². The molecule has 1 amide bonds. The summed E-state index contributed by atoms with van der Waals surface area (Å²) in [7, 11) is 0. The second kappa shape index (κ2) is 5.25. The maximum atomic E-state index is 11.9. The van der Waals surface area contributed by atoms with E-state index in [-0.39, 0.29) is 6.09 Å². The number of nitrogens with zero attached hydrogens (tertiary/aromatic N) is 1. The average molecular weight is 319 g/mol. The number of rotatable bonds is 2. The van der Waals surface area contributed by atoms with E-state index < -0.39 is 11.2 Å². The van der Waals surface area contributed by atoms with E-state index in [9.17, 15) is 9.90 Å². The fourth-order valence-corrected chi connectivity index (χ4v) is 3.72. The minimum Gasteiger partial charge on any atom is -0.444 e. The molecule has 0 unspecified atom stereocenters. The van der Waals surface area contributed by atoms with Crippen molar-refractivity contribution in [1.29, 1.82) is 0 Å². The van der Waals surface area contributed by atoms with Gasteiger partial charge in [-0.25, -0.2) is 4.79 Å². The first kappa shape index (κ1) is 15.3. The Morgan fingerprint density at radius 2 is 2.05 bits per heavy atom. The molecule has 1 fully saturated rings. The van der Waals surface area contributed by atoms with Crippen molar-refractivity contribution < 1.29 is 14.6 Å². The smallest absolute Gasteiger partial charge is 0.410 e. The number of thiophene rings is 1. The summed E-state index contributed by atoms with van der Waals surface area (Å²) in [5.41, 5.74) is -0.207. The standard InChI is InChI=1S/C17H21NO3S/c1-16(2,3)21-15(19)18-10-17(20,11-18)8-12-9-22-14-7-5-4-6-13(12)14/h4-7,9,20H,8,10-11H2,1-3H3. The number of ether oxygens (including phenoxy) is 1. The summed E-state index contributed by atoms with van der Waals surface area (Å²) in [6.07, 6.45) is 0.211. The third-order valence-corrected chi connectivity index (χ3v) is 4.72. The molecule has 0 aliphatic carbocycles. The number of β-amino-alcohol motifs (C(OH)–C–C–N with tert-alkyl or cyclic N) is 1. The largest absolute Gasteiger partial charge is 0.444 e. The van der Waals surface area contributed by atoms with Gasteiger partial charge in [-0.05, 0) is 43.2 Å². The van der Waals surface area contributed by atoms with Gasteiger partial charge in [-0.1, -0.05) is 18.2 Å². The van der Waals surface area contributed by atoms with Gasteiger partial charge in [0, 0.05) is 11.1 Å². The highest BCUT2D eigenvalue weighted by molar-refractivity contribution is 7.17. The predicted octanol–water partition coefficient (Wildman–Crippen LogP) is 3.43. The molecule has 5 heteroatoms. The maximum absolute atomic E-state index is 11.9. The van der Waals surface area contributed by atoms with Crippen LogP contribution in [0.3, 0.4) is 0 Å². The Morgan fingerprint density at radius 1 is 1.36 bits per heavy atom. The second-order valence-corrected chi connectivity index (χ2v) is 7.91. The van der Waals surface area contributed by atoms with Gasteiger partial charge in [-0.3, -0.25) is 0 Å². The molecule has 1 N–H and O–H groups in total. The lowest BCUT2D eigenvalue weighted by atomic mass is 9.87.